The Morgan fingerprint density at radius 1 is 0.696 bits per heavy atom. The van der Waals surface area contributed by atoms with Crippen LogP contribution >= 0.6 is 0 Å². The number of aryl methyl sites for hydroxylation is 3. The lowest BCUT2D eigenvalue weighted by Gasteiger charge is -2.20. The lowest BCUT2D eigenvalue weighted by molar-refractivity contribution is -0.144. The number of imide groups is 1. The predicted octanol–water partition coefficient (Wildman–Crippen LogP) is 4.48. The monoisotopic (exact) mass is 948 g/mol. The van der Waals surface area contributed by atoms with Crippen molar-refractivity contribution in [3.05, 3.63) is 83.7 Å². The van der Waals surface area contributed by atoms with E-state index in [-0.39, 0.29) is 91.2 Å². The zero-order chi connectivity index (χ0) is 49.2. The van der Waals surface area contributed by atoms with Crippen LogP contribution in [0.3, 0.4) is 0 Å². The smallest absolute Gasteiger partial charge is 0.305 e. The number of fused-ring (bicyclic) bond motifs is 2. The second kappa shape index (κ2) is 22.2. The topological polar surface area (TPSA) is 246 Å². The maximum atomic E-state index is 13.4. The summed E-state index contributed by atoms with van der Waals surface area (Å²) in [5.41, 5.74) is 2.88. The molecule has 4 aromatic rings. The van der Waals surface area contributed by atoms with Gasteiger partial charge in [-0.15, -0.1) is 0 Å². The molecule has 21 heteroatoms. The molecule has 0 bridgehead atoms. The van der Waals surface area contributed by atoms with Crippen LogP contribution in [-0.4, -0.2) is 123 Å². The number of hydrogen-bond acceptors (Lipinski definition) is 12. The molecule has 7 rings (SSSR count). The number of anilines is 3. The van der Waals surface area contributed by atoms with E-state index < -0.39 is 11.8 Å². The molecule has 1 saturated heterocycles. The molecule has 0 saturated carbocycles. The summed E-state index contributed by atoms with van der Waals surface area (Å²) in [5, 5.41) is 11.2. The van der Waals surface area contributed by atoms with Crippen molar-refractivity contribution in [2.75, 3.05) is 55.9 Å². The molecule has 364 valence electrons. The molecule has 21 nitrogen and oxygen atoms in total. The Morgan fingerprint density at radius 3 is 1.96 bits per heavy atom. The highest BCUT2D eigenvalue weighted by molar-refractivity contribution is 6.13. The molecule has 3 aromatic heterocycles. The van der Waals surface area contributed by atoms with Crippen LogP contribution in [0, 0.1) is 0 Å². The molecule has 1 aromatic carbocycles. The third-order valence-corrected chi connectivity index (χ3v) is 11.8. The highest BCUT2D eigenvalue weighted by Crippen LogP contribution is 2.38. The number of carbonyl (C=O) groups excluding carboxylic acids is 8. The van der Waals surface area contributed by atoms with Gasteiger partial charge >= 0.3 is 5.97 Å². The van der Waals surface area contributed by atoms with Gasteiger partial charge in [0.05, 0.1) is 54.7 Å². The Bertz CT molecular complexity index is 2690. The van der Waals surface area contributed by atoms with Gasteiger partial charge in [-0.2, -0.15) is 0 Å². The fourth-order valence-corrected chi connectivity index (χ4v) is 8.22. The summed E-state index contributed by atoms with van der Waals surface area (Å²) in [7, 11) is 6.48. The first-order chi connectivity index (χ1) is 33.2. The molecular weight excluding hydrogens is 893 g/mol. The SMILES string of the molecule is COc1cc2c(cc1OCCCC(=O)Nc1cc(C(=O)Nc3cc(C(=O)Nc4cc(C(=O)NCCCOC(=O)CCCCCN5C(=O)C=CC5=O)n(C)c4)n(C)c3)n(C)c1)N=CC1CCCN1C2=O. The van der Waals surface area contributed by atoms with E-state index in [4.69, 9.17) is 14.2 Å². The Labute approximate surface area is 397 Å². The highest BCUT2D eigenvalue weighted by atomic mass is 16.5. The van der Waals surface area contributed by atoms with Crippen molar-refractivity contribution in [3.63, 3.8) is 0 Å². The number of rotatable bonds is 22. The summed E-state index contributed by atoms with van der Waals surface area (Å²) in [4.78, 5) is 108. The van der Waals surface area contributed by atoms with Crippen molar-refractivity contribution in [1.29, 1.82) is 0 Å². The number of aliphatic imine (C=N–C) groups is 1. The van der Waals surface area contributed by atoms with Crippen molar-refractivity contribution < 1.29 is 52.6 Å². The molecule has 7 amide bonds. The second-order valence-corrected chi connectivity index (χ2v) is 16.9. The van der Waals surface area contributed by atoms with E-state index in [2.05, 4.69) is 26.3 Å². The van der Waals surface area contributed by atoms with Gasteiger partial charge in [-0.1, -0.05) is 6.42 Å². The van der Waals surface area contributed by atoms with Crippen molar-refractivity contribution >= 4 is 76.3 Å². The van der Waals surface area contributed by atoms with Gasteiger partial charge in [0.15, 0.2) is 11.5 Å². The second-order valence-electron chi connectivity index (χ2n) is 16.9. The summed E-state index contributed by atoms with van der Waals surface area (Å²) < 4.78 is 21.4. The van der Waals surface area contributed by atoms with Crippen molar-refractivity contribution in [2.24, 2.45) is 26.1 Å². The van der Waals surface area contributed by atoms with Crippen molar-refractivity contribution in [2.45, 2.75) is 63.8 Å². The first kappa shape index (κ1) is 48.9. The summed E-state index contributed by atoms with van der Waals surface area (Å²) in [5.74, 6) is -1.90. The number of unbranched alkanes of at least 4 members (excludes halogenated alkanes) is 2. The lowest BCUT2D eigenvalue weighted by Crippen LogP contribution is -2.35. The van der Waals surface area contributed by atoms with Gasteiger partial charge in [-0.3, -0.25) is 48.2 Å². The Balaban J connectivity index is 0.807. The van der Waals surface area contributed by atoms with E-state index >= 15 is 0 Å². The molecule has 1 unspecified atom stereocenters. The number of amides is 7. The molecule has 1 fully saturated rings. The molecule has 0 radical (unpaired) electrons. The standard InChI is InChI=1S/C48H56N10O11/c1-54-28-31(22-36(54)45(63)49-16-10-20-69-44(62)13-6-5-7-17-58-42(60)14-15-43(58)61)52-47(65)38-23-32(29-56(38)3)53-46(64)37-21-30(27-55(37)2)51-41(59)12-9-19-68-40-25-35-34(24-39(40)67-4)48(66)57-18-8-11-33(57)26-50-35/h14-15,21-29,33H,5-13,16-20H2,1-4H3,(H,49,63)(H,51,59)(H,52,65)(H,53,64). The maximum absolute atomic E-state index is 13.4. The first-order valence-electron chi connectivity index (χ1n) is 22.8. The van der Waals surface area contributed by atoms with Gasteiger partial charge < -0.3 is 54.1 Å². The maximum Gasteiger partial charge on any atom is 0.305 e. The van der Waals surface area contributed by atoms with Gasteiger partial charge in [-0.05, 0) is 62.8 Å². The van der Waals surface area contributed by atoms with Gasteiger partial charge in [0.1, 0.15) is 17.1 Å². The van der Waals surface area contributed by atoms with Crippen molar-refractivity contribution in [3.8, 4) is 11.5 Å². The number of benzene rings is 1. The summed E-state index contributed by atoms with van der Waals surface area (Å²) in [6.45, 7) is 1.56. The van der Waals surface area contributed by atoms with Crippen LogP contribution < -0.4 is 30.7 Å². The molecule has 0 aliphatic carbocycles. The number of hydrogen-bond donors (Lipinski definition) is 4. The quantitative estimate of drug-likeness (QED) is 0.0486. The van der Waals surface area contributed by atoms with E-state index in [1.165, 1.54) is 36.3 Å². The van der Waals surface area contributed by atoms with Crippen LogP contribution in [0.5, 0.6) is 11.5 Å². The van der Waals surface area contributed by atoms with Crippen LogP contribution in [0.15, 0.2) is 66.1 Å². The number of nitrogens with zero attached hydrogens (tertiary/aromatic N) is 6. The molecule has 6 heterocycles. The minimum absolute atomic E-state index is 0.0217. The number of carbonyl (C=O) groups is 8. The number of esters is 1. The average molecular weight is 949 g/mol. The van der Waals surface area contributed by atoms with Crippen LogP contribution in [0.1, 0.15) is 99.6 Å². The van der Waals surface area contributed by atoms with Gasteiger partial charge in [0.25, 0.3) is 35.4 Å². The molecular formula is C48H56N10O11. The third kappa shape index (κ3) is 12.1. The van der Waals surface area contributed by atoms with Crippen LogP contribution in [-0.2, 0) is 45.1 Å². The van der Waals surface area contributed by atoms with Gasteiger partial charge in [-0.25, -0.2) is 0 Å². The zero-order valence-corrected chi connectivity index (χ0v) is 39.0. The lowest BCUT2D eigenvalue weighted by atomic mass is 10.1. The van der Waals surface area contributed by atoms with Crippen molar-refractivity contribution in [1.82, 2.24) is 28.8 Å². The molecule has 0 spiro atoms. The van der Waals surface area contributed by atoms with E-state index in [0.717, 1.165) is 12.8 Å². The zero-order valence-electron chi connectivity index (χ0n) is 39.0. The Kier molecular flexibility index (Phi) is 15.8. The fraction of sp³-hybridized carbons (Fsp3) is 0.396. The first-order valence-corrected chi connectivity index (χ1v) is 22.8. The normalized spacial score (nSPS) is 14.9. The number of nitrogens with one attached hydrogen (secondary N) is 4. The fourth-order valence-electron chi connectivity index (χ4n) is 8.22. The Hall–Kier alpha value is -7.97. The predicted molar refractivity (Wildman–Crippen MR) is 253 cm³/mol. The summed E-state index contributed by atoms with van der Waals surface area (Å²) in [6, 6.07) is 7.90. The highest BCUT2D eigenvalue weighted by Gasteiger charge is 2.33. The molecule has 3 aliphatic heterocycles. The summed E-state index contributed by atoms with van der Waals surface area (Å²) >= 11 is 0. The van der Waals surface area contributed by atoms with Crippen LogP contribution in [0.2, 0.25) is 0 Å². The molecule has 4 N–H and O–H groups in total. The summed E-state index contributed by atoms with van der Waals surface area (Å²) in [6.07, 6.45) is 13.8. The van der Waals surface area contributed by atoms with E-state index in [0.29, 0.717) is 85.0 Å². The van der Waals surface area contributed by atoms with Gasteiger partial charge in [0.2, 0.25) is 5.91 Å². The van der Waals surface area contributed by atoms with E-state index in [1.807, 2.05) is 4.90 Å². The van der Waals surface area contributed by atoms with E-state index in [9.17, 15) is 38.4 Å². The number of ether oxygens (including phenoxy) is 3. The third-order valence-electron chi connectivity index (χ3n) is 11.8. The van der Waals surface area contributed by atoms with E-state index in [1.54, 1.807) is 77.8 Å². The van der Waals surface area contributed by atoms with Crippen LogP contribution in [0.25, 0.3) is 0 Å². The average Bonchev–Trinajstić information content (AvgIpc) is 4.15. The Morgan fingerprint density at radius 2 is 1.32 bits per heavy atom. The minimum Gasteiger partial charge on any atom is -0.493 e. The molecule has 3 aliphatic rings. The largest absolute Gasteiger partial charge is 0.493 e. The molecule has 69 heavy (non-hydrogen) atoms. The number of methoxy groups -OCH3 is 1. The molecule has 1 atom stereocenters. The van der Waals surface area contributed by atoms with Gasteiger partial charge in [0, 0.05) is 96.6 Å². The van der Waals surface area contributed by atoms with Crippen LogP contribution in [0.4, 0.5) is 22.7 Å². The minimum atomic E-state index is -0.483. The number of aromatic nitrogens is 3.